The topological polar surface area (TPSA) is 59.4 Å². The van der Waals surface area contributed by atoms with Gasteiger partial charge in [-0.25, -0.2) is 4.68 Å². The number of carbonyl (C=O) groups is 1. The summed E-state index contributed by atoms with van der Waals surface area (Å²) in [5, 5.41) is 6.95. The number of nitrogens with one attached hydrogen (secondary N) is 1. The molecule has 0 aromatic carbocycles. The van der Waals surface area contributed by atoms with Crippen molar-refractivity contribution in [2.45, 2.75) is 64.5 Å². The van der Waals surface area contributed by atoms with Gasteiger partial charge in [-0.1, -0.05) is 19.3 Å². The highest BCUT2D eigenvalue weighted by atomic mass is 19.3. The first-order chi connectivity index (χ1) is 12.9. The number of halogens is 2. The predicted octanol–water partition coefficient (Wildman–Crippen LogP) is 2.59. The molecule has 2 heterocycles. The van der Waals surface area contributed by atoms with Crippen LogP contribution in [0, 0.1) is 13.8 Å². The second kappa shape index (κ2) is 8.65. The number of nitrogens with zero attached hydrogens (tertiary/aromatic N) is 3. The van der Waals surface area contributed by atoms with E-state index in [1.54, 1.807) is 13.8 Å². The average Bonchev–Trinajstić information content (AvgIpc) is 2.96. The van der Waals surface area contributed by atoms with Crippen LogP contribution >= 0.6 is 0 Å². The summed E-state index contributed by atoms with van der Waals surface area (Å²) in [4.78, 5) is 15.1. The molecule has 1 saturated carbocycles. The molecule has 1 aliphatic carbocycles. The summed E-state index contributed by atoms with van der Waals surface area (Å²) < 4.78 is 32.2. The molecule has 6 nitrogen and oxygen atoms in total. The number of aryl methyl sites for hydroxylation is 1. The fourth-order valence-corrected chi connectivity index (χ4v) is 4.48. The van der Waals surface area contributed by atoms with Gasteiger partial charge in [-0.3, -0.25) is 9.69 Å². The van der Waals surface area contributed by atoms with Crippen LogP contribution in [0.15, 0.2) is 0 Å². The zero-order chi connectivity index (χ0) is 19.4. The van der Waals surface area contributed by atoms with Crippen molar-refractivity contribution < 1.29 is 18.3 Å². The molecule has 1 N–H and O–H groups in total. The lowest BCUT2D eigenvalue weighted by Gasteiger charge is -2.48. The van der Waals surface area contributed by atoms with E-state index in [4.69, 9.17) is 4.74 Å². The molecule has 8 heteroatoms. The molecule has 0 unspecified atom stereocenters. The maximum atomic E-state index is 13.0. The van der Waals surface area contributed by atoms with Crippen LogP contribution in [0.2, 0.25) is 0 Å². The first-order valence-corrected chi connectivity index (χ1v) is 9.85. The van der Waals surface area contributed by atoms with E-state index < -0.39 is 6.55 Å². The number of amides is 1. The Balaban J connectivity index is 1.64. The number of alkyl halides is 2. The first-order valence-electron chi connectivity index (χ1n) is 9.85. The fourth-order valence-electron chi connectivity index (χ4n) is 4.48. The van der Waals surface area contributed by atoms with Crippen LogP contribution in [-0.4, -0.2) is 59.0 Å². The Morgan fingerprint density at radius 2 is 1.89 bits per heavy atom. The summed E-state index contributed by atoms with van der Waals surface area (Å²) >= 11 is 0. The Bertz CT molecular complexity index is 650. The van der Waals surface area contributed by atoms with Gasteiger partial charge in [0.1, 0.15) is 0 Å². The molecule has 0 radical (unpaired) electrons. The molecule has 0 spiro atoms. The number of aromatic nitrogens is 2. The van der Waals surface area contributed by atoms with E-state index in [9.17, 15) is 13.6 Å². The smallest absolute Gasteiger partial charge is 0.333 e. The van der Waals surface area contributed by atoms with Gasteiger partial charge in [0.2, 0.25) is 5.91 Å². The summed E-state index contributed by atoms with van der Waals surface area (Å²) in [5.74, 6) is -0.131. The van der Waals surface area contributed by atoms with Crippen LogP contribution in [-0.2, 0) is 16.0 Å². The minimum absolute atomic E-state index is 0.00503. The van der Waals surface area contributed by atoms with Crippen molar-refractivity contribution in [3.05, 3.63) is 17.0 Å². The number of hydrogen-bond donors (Lipinski definition) is 1. The van der Waals surface area contributed by atoms with E-state index in [1.165, 1.54) is 19.3 Å². The van der Waals surface area contributed by atoms with Crippen molar-refractivity contribution in [3.8, 4) is 0 Å². The molecule has 27 heavy (non-hydrogen) atoms. The van der Waals surface area contributed by atoms with Gasteiger partial charge < -0.3 is 10.1 Å². The van der Waals surface area contributed by atoms with Gasteiger partial charge in [0.25, 0.3) is 0 Å². The largest absolute Gasteiger partial charge is 0.379 e. The Morgan fingerprint density at radius 1 is 1.22 bits per heavy atom. The standard InChI is InChI=1S/C19H30F2N4O2/c1-14-16(15(2)25(23-14)18(20)21)12-17(26)22-13-19(6-4-3-5-7-19)24-8-10-27-11-9-24/h18H,3-13H2,1-2H3,(H,22,26). The molecule has 1 aliphatic heterocycles. The van der Waals surface area contributed by atoms with E-state index >= 15 is 0 Å². The van der Waals surface area contributed by atoms with Crippen LogP contribution in [0.5, 0.6) is 0 Å². The molecule has 3 rings (SSSR count). The number of hydrogen-bond acceptors (Lipinski definition) is 4. The summed E-state index contributed by atoms with van der Waals surface area (Å²) in [5.41, 5.74) is 1.44. The summed E-state index contributed by atoms with van der Waals surface area (Å²) in [6, 6.07) is 0. The lowest BCUT2D eigenvalue weighted by molar-refractivity contribution is -0.121. The fraction of sp³-hybridized carbons (Fsp3) is 0.789. The Labute approximate surface area is 159 Å². The van der Waals surface area contributed by atoms with Gasteiger partial charge in [0.05, 0.1) is 25.3 Å². The summed E-state index contributed by atoms with van der Waals surface area (Å²) in [7, 11) is 0. The SMILES string of the molecule is Cc1nn(C(F)F)c(C)c1CC(=O)NCC1(N2CCOCC2)CCCCC1. The molecule has 0 bridgehead atoms. The van der Waals surface area contributed by atoms with Gasteiger partial charge in [0, 0.05) is 36.4 Å². The van der Waals surface area contributed by atoms with E-state index in [0.717, 1.165) is 39.1 Å². The molecular formula is C19H30F2N4O2. The van der Waals surface area contributed by atoms with Crippen molar-refractivity contribution in [2.75, 3.05) is 32.8 Å². The Morgan fingerprint density at radius 3 is 2.48 bits per heavy atom. The van der Waals surface area contributed by atoms with Gasteiger partial charge in [-0.2, -0.15) is 13.9 Å². The van der Waals surface area contributed by atoms with Crippen molar-refractivity contribution in [1.29, 1.82) is 0 Å². The second-order valence-corrected chi connectivity index (χ2v) is 7.71. The highest BCUT2D eigenvalue weighted by molar-refractivity contribution is 5.79. The molecule has 1 amide bonds. The minimum atomic E-state index is -2.69. The number of morpholine rings is 1. The highest BCUT2D eigenvalue weighted by Crippen LogP contribution is 2.34. The first kappa shape index (κ1) is 20.2. The zero-order valence-corrected chi connectivity index (χ0v) is 16.3. The van der Waals surface area contributed by atoms with Crippen LogP contribution in [0.4, 0.5) is 8.78 Å². The second-order valence-electron chi connectivity index (χ2n) is 7.71. The molecule has 0 atom stereocenters. The van der Waals surface area contributed by atoms with E-state index in [0.29, 0.717) is 28.2 Å². The summed E-state index contributed by atoms with van der Waals surface area (Å²) in [6.45, 7) is 4.45. The van der Waals surface area contributed by atoms with Crippen LogP contribution in [0.1, 0.15) is 55.6 Å². The molecule has 1 aromatic heterocycles. The van der Waals surface area contributed by atoms with Crippen LogP contribution in [0.25, 0.3) is 0 Å². The lowest BCUT2D eigenvalue weighted by atomic mass is 9.79. The van der Waals surface area contributed by atoms with Crippen LogP contribution in [0.3, 0.4) is 0 Å². The number of ether oxygens (including phenoxy) is 1. The highest BCUT2D eigenvalue weighted by Gasteiger charge is 2.38. The quantitative estimate of drug-likeness (QED) is 0.819. The van der Waals surface area contributed by atoms with Crippen molar-refractivity contribution in [3.63, 3.8) is 0 Å². The predicted molar refractivity (Wildman–Crippen MR) is 97.9 cm³/mol. The minimum Gasteiger partial charge on any atom is -0.379 e. The normalized spacial score (nSPS) is 20.8. The zero-order valence-electron chi connectivity index (χ0n) is 16.3. The van der Waals surface area contributed by atoms with Gasteiger partial charge in [-0.15, -0.1) is 0 Å². The molecule has 1 saturated heterocycles. The summed E-state index contributed by atoms with van der Waals surface area (Å²) in [6.07, 6.45) is 5.83. The van der Waals surface area contributed by atoms with Crippen molar-refractivity contribution >= 4 is 5.91 Å². The Kier molecular flexibility index (Phi) is 6.47. The third-order valence-electron chi connectivity index (χ3n) is 6.08. The molecule has 1 aromatic rings. The van der Waals surface area contributed by atoms with Gasteiger partial charge >= 0.3 is 6.55 Å². The molecular weight excluding hydrogens is 354 g/mol. The maximum Gasteiger partial charge on any atom is 0.333 e. The number of carbonyl (C=O) groups excluding carboxylic acids is 1. The molecule has 2 aliphatic rings. The van der Waals surface area contributed by atoms with E-state index in [1.807, 2.05) is 0 Å². The monoisotopic (exact) mass is 384 g/mol. The average molecular weight is 384 g/mol. The van der Waals surface area contributed by atoms with Crippen molar-refractivity contribution in [1.82, 2.24) is 20.0 Å². The Hall–Kier alpha value is -1.54. The van der Waals surface area contributed by atoms with Gasteiger partial charge in [0.15, 0.2) is 0 Å². The van der Waals surface area contributed by atoms with Gasteiger partial charge in [-0.05, 0) is 26.7 Å². The molecule has 2 fully saturated rings. The van der Waals surface area contributed by atoms with Crippen molar-refractivity contribution in [2.24, 2.45) is 0 Å². The van der Waals surface area contributed by atoms with E-state index in [-0.39, 0.29) is 17.9 Å². The maximum absolute atomic E-state index is 13.0. The molecule has 152 valence electrons. The number of rotatable bonds is 6. The van der Waals surface area contributed by atoms with E-state index in [2.05, 4.69) is 15.3 Å². The third-order valence-corrected chi connectivity index (χ3v) is 6.08. The third kappa shape index (κ3) is 4.48. The lowest BCUT2D eigenvalue weighted by Crippen LogP contribution is -2.59. The van der Waals surface area contributed by atoms with Crippen LogP contribution < -0.4 is 5.32 Å².